The van der Waals surface area contributed by atoms with Crippen LogP contribution >= 0.6 is 0 Å². The van der Waals surface area contributed by atoms with Gasteiger partial charge in [0.2, 0.25) is 0 Å². The van der Waals surface area contributed by atoms with Gasteiger partial charge in [0.25, 0.3) is 0 Å². The van der Waals surface area contributed by atoms with E-state index in [1.54, 1.807) is 0 Å². The SMILES string of the molecule is CC1CC2(CCN(c3ccc(-c4ccc5c(c4)OCc4nc(CN6CCOCC6)cn4-5)cc3)CC2)C1. The van der Waals surface area contributed by atoms with E-state index in [1.807, 2.05) is 0 Å². The van der Waals surface area contributed by atoms with Crippen molar-refractivity contribution in [1.29, 1.82) is 0 Å². The van der Waals surface area contributed by atoms with Crippen LogP contribution in [0.15, 0.2) is 48.7 Å². The van der Waals surface area contributed by atoms with Crippen LogP contribution in [0.2, 0.25) is 0 Å². The predicted molar refractivity (Wildman–Crippen MR) is 142 cm³/mol. The third-order valence-corrected chi connectivity index (χ3v) is 8.85. The number of morpholine rings is 1. The van der Waals surface area contributed by atoms with Gasteiger partial charge in [0.15, 0.2) is 5.82 Å². The Morgan fingerprint density at radius 1 is 0.944 bits per heavy atom. The molecule has 0 atom stereocenters. The van der Waals surface area contributed by atoms with Crippen LogP contribution in [0.5, 0.6) is 5.75 Å². The summed E-state index contributed by atoms with van der Waals surface area (Å²) in [5.74, 6) is 2.84. The highest BCUT2D eigenvalue weighted by atomic mass is 16.5. The largest absolute Gasteiger partial charge is 0.483 e. The summed E-state index contributed by atoms with van der Waals surface area (Å²) >= 11 is 0. The lowest BCUT2D eigenvalue weighted by atomic mass is 9.58. The normalized spacial score (nSPS) is 21.5. The zero-order chi connectivity index (χ0) is 24.1. The maximum Gasteiger partial charge on any atom is 0.151 e. The highest BCUT2D eigenvalue weighted by molar-refractivity contribution is 5.70. The molecule has 6 heteroatoms. The summed E-state index contributed by atoms with van der Waals surface area (Å²) in [6, 6.07) is 15.7. The first kappa shape index (κ1) is 22.4. The van der Waals surface area contributed by atoms with Gasteiger partial charge in [-0.05, 0) is 72.4 Å². The molecule has 2 aromatic carbocycles. The zero-order valence-corrected chi connectivity index (χ0v) is 21.3. The summed E-state index contributed by atoms with van der Waals surface area (Å²) in [7, 11) is 0. The highest BCUT2D eigenvalue weighted by Crippen LogP contribution is 2.52. The van der Waals surface area contributed by atoms with Gasteiger partial charge in [-0.25, -0.2) is 4.98 Å². The molecular formula is C30H36N4O2. The Hall–Kier alpha value is -2.83. The zero-order valence-electron chi connectivity index (χ0n) is 21.3. The van der Waals surface area contributed by atoms with Gasteiger partial charge in [-0.3, -0.25) is 9.47 Å². The summed E-state index contributed by atoms with van der Waals surface area (Å²) < 4.78 is 13.8. The van der Waals surface area contributed by atoms with Crippen LogP contribution in [0.3, 0.4) is 0 Å². The second kappa shape index (κ2) is 8.93. The van der Waals surface area contributed by atoms with Gasteiger partial charge in [-0.15, -0.1) is 0 Å². The number of aromatic nitrogens is 2. The van der Waals surface area contributed by atoms with Crippen molar-refractivity contribution >= 4 is 5.69 Å². The molecule has 3 aliphatic heterocycles. The third kappa shape index (κ3) is 4.10. The van der Waals surface area contributed by atoms with E-state index in [-0.39, 0.29) is 0 Å². The van der Waals surface area contributed by atoms with Crippen molar-refractivity contribution in [2.45, 2.75) is 45.8 Å². The van der Waals surface area contributed by atoms with Gasteiger partial charge < -0.3 is 14.4 Å². The van der Waals surface area contributed by atoms with Crippen LogP contribution in [0.1, 0.15) is 44.1 Å². The van der Waals surface area contributed by atoms with E-state index in [2.05, 4.69) is 70.0 Å². The quantitative estimate of drug-likeness (QED) is 0.504. The molecule has 1 aromatic heterocycles. The number of rotatable bonds is 4. The Morgan fingerprint density at radius 2 is 1.69 bits per heavy atom. The number of piperidine rings is 1. The van der Waals surface area contributed by atoms with Gasteiger partial charge in [-0.1, -0.05) is 25.1 Å². The Balaban J connectivity index is 1.05. The van der Waals surface area contributed by atoms with Crippen molar-refractivity contribution in [2.75, 3.05) is 44.3 Å². The fourth-order valence-corrected chi connectivity index (χ4v) is 6.93. The van der Waals surface area contributed by atoms with E-state index in [4.69, 9.17) is 14.5 Å². The Bertz CT molecular complexity index is 1230. The molecule has 188 valence electrons. The molecule has 3 aromatic rings. The van der Waals surface area contributed by atoms with Crippen molar-refractivity contribution in [3.8, 4) is 22.6 Å². The van der Waals surface area contributed by atoms with Crippen LogP contribution in [0, 0.1) is 11.3 Å². The van der Waals surface area contributed by atoms with E-state index in [1.165, 1.54) is 55.6 Å². The average Bonchev–Trinajstić information content (AvgIpc) is 3.32. The van der Waals surface area contributed by atoms with Gasteiger partial charge in [-0.2, -0.15) is 0 Å². The fourth-order valence-electron chi connectivity index (χ4n) is 6.93. The van der Waals surface area contributed by atoms with E-state index >= 15 is 0 Å². The molecule has 0 unspecified atom stereocenters. The predicted octanol–water partition coefficient (Wildman–Crippen LogP) is 5.28. The van der Waals surface area contributed by atoms with Crippen molar-refractivity contribution in [2.24, 2.45) is 11.3 Å². The van der Waals surface area contributed by atoms with Crippen molar-refractivity contribution < 1.29 is 9.47 Å². The molecule has 0 radical (unpaired) electrons. The number of imidazole rings is 1. The summed E-state index contributed by atoms with van der Waals surface area (Å²) in [6.45, 7) is 9.71. The Kier molecular flexibility index (Phi) is 5.55. The molecule has 2 saturated heterocycles. The average molecular weight is 485 g/mol. The maximum absolute atomic E-state index is 6.15. The monoisotopic (exact) mass is 484 g/mol. The fraction of sp³-hybridized carbons (Fsp3) is 0.500. The minimum absolute atomic E-state index is 0.508. The van der Waals surface area contributed by atoms with Crippen molar-refractivity contribution in [3.05, 3.63) is 60.2 Å². The first-order valence-electron chi connectivity index (χ1n) is 13.6. The molecule has 1 aliphatic carbocycles. The summed E-state index contributed by atoms with van der Waals surface area (Å²) in [5.41, 5.74) is 6.61. The number of benzene rings is 2. The van der Waals surface area contributed by atoms with Crippen LogP contribution in [0.4, 0.5) is 5.69 Å². The first-order valence-corrected chi connectivity index (χ1v) is 13.6. The number of fused-ring (bicyclic) bond motifs is 3. The van der Waals surface area contributed by atoms with Crippen molar-refractivity contribution in [3.63, 3.8) is 0 Å². The second-order valence-electron chi connectivity index (χ2n) is 11.4. The molecule has 4 heterocycles. The molecule has 0 bridgehead atoms. The smallest absolute Gasteiger partial charge is 0.151 e. The second-order valence-corrected chi connectivity index (χ2v) is 11.4. The molecule has 3 fully saturated rings. The lowest BCUT2D eigenvalue weighted by Crippen LogP contribution is -2.46. The molecule has 4 aliphatic rings. The summed E-state index contributed by atoms with van der Waals surface area (Å²) in [5, 5.41) is 0. The van der Waals surface area contributed by atoms with Crippen LogP contribution < -0.4 is 9.64 Å². The molecule has 0 N–H and O–H groups in total. The number of nitrogens with zero attached hydrogens (tertiary/aromatic N) is 4. The molecule has 1 saturated carbocycles. The first-order chi connectivity index (χ1) is 17.6. The van der Waals surface area contributed by atoms with Gasteiger partial charge in [0.1, 0.15) is 12.4 Å². The lowest BCUT2D eigenvalue weighted by molar-refractivity contribution is 0.0337. The minimum atomic E-state index is 0.508. The van der Waals surface area contributed by atoms with Gasteiger partial charge >= 0.3 is 0 Å². The van der Waals surface area contributed by atoms with E-state index in [0.29, 0.717) is 12.0 Å². The van der Waals surface area contributed by atoms with E-state index < -0.39 is 0 Å². The third-order valence-electron chi connectivity index (χ3n) is 8.85. The topological polar surface area (TPSA) is 42.8 Å². The molecular weight excluding hydrogens is 448 g/mol. The van der Waals surface area contributed by atoms with Crippen molar-refractivity contribution in [1.82, 2.24) is 14.5 Å². The molecule has 1 spiro atoms. The minimum Gasteiger partial charge on any atom is -0.483 e. The molecule has 36 heavy (non-hydrogen) atoms. The molecule has 7 rings (SSSR count). The van der Waals surface area contributed by atoms with Gasteiger partial charge in [0, 0.05) is 44.6 Å². The van der Waals surface area contributed by atoms with Crippen LogP contribution in [-0.4, -0.2) is 53.8 Å². The maximum atomic E-state index is 6.15. The number of ether oxygens (including phenoxy) is 2. The lowest BCUT2D eigenvalue weighted by Gasteiger charge is -2.52. The van der Waals surface area contributed by atoms with E-state index in [0.717, 1.165) is 61.7 Å². The number of hydrogen-bond acceptors (Lipinski definition) is 5. The summed E-state index contributed by atoms with van der Waals surface area (Å²) in [6.07, 6.45) is 7.76. The number of hydrogen-bond donors (Lipinski definition) is 0. The number of anilines is 1. The Labute approximate surface area is 213 Å². The standard InChI is InChI=1S/C30H36N4O2/c1-22-17-30(18-22)8-10-33(11-9-30)26-5-2-23(3-6-26)24-4-7-27-28(16-24)36-21-29-31-25(20-34(27)29)19-32-12-14-35-15-13-32/h2-7,16,20,22H,8-15,17-19,21H2,1H3. The van der Waals surface area contributed by atoms with Crippen LogP contribution in [0.25, 0.3) is 16.8 Å². The molecule has 0 amide bonds. The summed E-state index contributed by atoms with van der Waals surface area (Å²) in [4.78, 5) is 9.83. The Morgan fingerprint density at radius 3 is 2.44 bits per heavy atom. The molecule has 6 nitrogen and oxygen atoms in total. The van der Waals surface area contributed by atoms with Gasteiger partial charge in [0.05, 0.1) is 24.6 Å². The highest BCUT2D eigenvalue weighted by Gasteiger charge is 2.43. The van der Waals surface area contributed by atoms with Crippen LogP contribution in [-0.2, 0) is 17.9 Å². The van der Waals surface area contributed by atoms with E-state index in [9.17, 15) is 0 Å².